The van der Waals surface area contributed by atoms with Crippen molar-refractivity contribution in [3.63, 3.8) is 0 Å². The Labute approximate surface area is 185 Å². The number of rotatable bonds is 7. The van der Waals surface area contributed by atoms with E-state index in [2.05, 4.69) is 15.3 Å². The fraction of sp³-hybridized carbons (Fsp3) is 0.125. The number of methoxy groups -OCH3 is 1. The van der Waals surface area contributed by atoms with Crippen LogP contribution in [-0.2, 0) is 6.42 Å². The number of anilines is 2. The lowest BCUT2D eigenvalue weighted by molar-refractivity contribution is -0.104. The highest BCUT2D eigenvalue weighted by Gasteiger charge is 2.17. The van der Waals surface area contributed by atoms with Crippen molar-refractivity contribution in [1.29, 1.82) is 0 Å². The number of carbonyl (C=O) groups excluding carboxylic acids is 1. The smallest absolute Gasteiger partial charge is 0.253 e. The number of nitrogen functional groups attached to an aromatic ring is 2. The fourth-order valence-corrected chi connectivity index (χ4v) is 3.75. The Hall–Kier alpha value is -4.33. The molecule has 0 saturated heterocycles. The van der Waals surface area contributed by atoms with Crippen LogP contribution >= 0.6 is 0 Å². The molecule has 0 fully saturated rings. The van der Waals surface area contributed by atoms with Gasteiger partial charge in [0.2, 0.25) is 0 Å². The molecule has 0 aliphatic rings. The van der Waals surface area contributed by atoms with Gasteiger partial charge < -0.3 is 26.5 Å². The lowest BCUT2D eigenvalue weighted by Gasteiger charge is -2.12. The molecule has 162 valence electrons. The van der Waals surface area contributed by atoms with Gasteiger partial charge in [0.1, 0.15) is 11.6 Å². The van der Waals surface area contributed by atoms with Gasteiger partial charge in [-0.15, -0.1) is 0 Å². The number of nitrogens with two attached hydrogens (primary N) is 3. The van der Waals surface area contributed by atoms with Crippen LogP contribution in [-0.4, -0.2) is 35.7 Å². The summed E-state index contributed by atoms with van der Waals surface area (Å²) < 4.78 is 5.37. The Kier molecular flexibility index (Phi) is 5.76. The van der Waals surface area contributed by atoms with Crippen molar-refractivity contribution in [3.05, 3.63) is 71.5 Å². The molecule has 2 heterocycles. The van der Waals surface area contributed by atoms with Gasteiger partial charge >= 0.3 is 0 Å². The number of para-hydroxylation sites is 1. The highest BCUT2D eigenvalue weighted by atomic mass is 16.5. The minimum absolute atomic E-state index is 0.275. The molecule has 0 aliphatic heterocycles. The molecule has 32 heavy (non-hydrogen) atoms. The number of aromatic amines is 1. The van der Waals surface area contributed by atoms with Crippen molar-refractivity contribution in [3.8, 4) is 16.9 Å². The molecule has 2 aromatic carbocycles. The van der Waals surface area contributed by atoms with Gasteiger partial charge in [0.25, 0.3) is 5.91 Å². The summed E-state index contributed by atoms with van der Waals surface area (Å²) in [5.41, 5.74) is 16.9. The second kappa shape index (κ2) is 8.81. The topological polar surface area (TPSA) is 145 Å². The Morgan fingerprint density at radius 2 is 2.06 bits per heavy atom. The second-order valence-corrected chi connectivity index (χ2v) is 7.37. The average molecular weight is 430 g/mol. The van der Waals surface area contributed by atoms with Crippen molar-refractivity contribution in [2.24, 2.45) is 0 Å². The van der Waals surface area contributed by atoms with Crippen LogP contribution in [0.3, 0.4) is 0 Å². The van der Waals surface area contributed by atoms with Crippen molar-refractivity contribution in [1.82, 2.24) is 15.3 Å². The second-order valence-electron chi connectivity index (χ2n) is 7.37. The zero-order chi connectivity index (χ0) is 22.7. The first kappa shape index (κ1) is 20.9. The first-order valence-corrected chi connectivity index (χ1v) is 10.1. The summed E-state index contributed by atoms with van der Waals surface area (Å²) in [5, 5.41) is 9.64. The van der Waals surface area contributed by atoms with Crippen molar-refractivity contribution >= 4 is 34.5 Å². The number of aromatic nitrogens is 2. The number of fused-ring (bicyclic) bond motifs is 1. The van der Waals surface area contributed by atoms with Crippen LogP contribution in [0.15, 0.2) is 54.9 Å². The zero-order valence-corrected chi connectivity index (χ0v) is 17.7. The van der Waals surface area contributed by atoms with Crippen LogP contribution in [0.2, 0.25) is 0 Å². The van der Waals surface area contributed by atoms with Crippen LogP contribution in [0.4, 0.5) is 11.5 Å². The Morgan fingerprint density at radius 1 is 1.25 bits per heavy atom. The summed E-state index contributed by atoms with van der Waals surface area (Å²) in [6, 6.07) is 13.1. The molecule has 4 aromatic rings. The van der Waals surface area contributed by atoms with Crippen molar-refractivity contribution in [2.75, 3.05) is 25.1 Å². The lowest BCUT2D eigenvalue weighted by Crippen LogP contribution is -2.31. The van der Waals surface area contributed by atoms with Crippen LogP contribution < -0.4 is 26.9 Å². The van der Waals surface area contributed by atoms with Gasteiger partial charge in [-0.3, -0.25) is 10.2 Å². The number of nitrogens with zero attached hydrogens (tertiary/aromatic N) is 1. The lowest BCUT2D eigenvalue weighted by atomic mass is 9.97. The van der Waals surface area contributed by atoms with Gasteiger partial charge in [-0.1, -0.05) is 18.2 Å². The number of ether oxygens (including phenoxy) is 1. The molecular weight excluding hydrogens is 404 g/mol. The minimum atomic E-state index is -0.275. The van der Waals surface area contributed by atoms with E-state index in [1.54, 1.807) is 25.4 Å². The largest absolute Gasteiger partial charge is 0.496 e. The fourth-order valence-electron chi connectivity index (χ4n) is 3.75. The SMILES string of the molecule is COc1ccccc1CCNC(=O)c1cc(-c2c[nH]c3cnc(N)cc23)cc(C=[NH2+])c1N. The van der Waals surface area contributed by atoms with E-state index in [-0.39, 0.29) is 5.91 Å². The molecule has 8 N–H and O–H groups in total. The van der Waals surface area contributed by atoms with E-state index in [1.165, 1.54) is 6.21 Å². The normalized spacial score (nSPS) is 10.8. The van der Waals surface area contributed by atoms with E-state index in [4.69, 9.17) is 21.6 Å². The van der Waals surface area contributed by atoms with Gasteiger partial charge in [0.15, 0.2) is 6.21 Å². The molecule has 0 atom stereocenters. The first-order valence-electron chi connectivity index (χ1n) is 10.1. The molecule has 1 amide bonds. The Balaban J connectivity index is 1.62. The molecule has 0 aliphatic carbocycles. The van der Waals surface area contributed by atoms with Crippen LogP contribution in [0.1, 0.15) is 21.5 Å². The molecule has 2 aromatic heterocycles. The molecule has 0 spiro atoms. The maximum atomic E-state index is 13.0. The Bertz CT molecular complexity index is 1310. The van der Waals surface area contributed by atoms with E-state index in [0.717, 1.165) is 33.3 Å². The molecule has 4 rings (SSSR count). The maximum absolute atomic E-state index is 13.0. The van der Waals surface area contributed by atoms with Crippen molar-refractivity contribution < 1.29 is 14.9 Å². The quantitative estimate of drug-likeness (QED) is 0.224. The van der Waals surface area contributed by atoms with E-state index in [9.17, 15) is 4.79 Å². The number of amides is 1. The monoisotopic (exact) mass is 429 g/mol. The molecular formula is C24H25N6O2+. The van der Waals surface area contributed by atoms with Gasteiger partial charge in [-0.2, -0.15) is 0 Å². The Morgan fingerprint density at radius 3 is 2.84 bits per heavy atom. The predicted molar refractivity (Wildman–Crippen MR) is 126 cm³/mol. The van der Waals surface area contributed by atoms with Gasteiger partial charge in [0, 0.05) is 23.7 Å². The molecule has 0 bridgehead atoms. The molecule has 0 saturated carbocycles. The number of benzene rings is 2. The summed E-state index contributed by atoms with van der Waals surface area (Å²) in [7, 11) is 1.63. The van der Waals surface area contributed by atoms with Crippen LogP contribution in [0.25, 0.3) is 22.0 Å². The molecule has 0 unspecified atom stereocenters. The number of hydrogen-bond acceptors (Lipinski definition) is 5. The third-order valence-electron chi connectivity index (χ3n) is 5.41. The van der Waals surface area contributed by atoms with E-state index in [0.29, 0.717) is 35.6 Å². The van der Waals surface area contributed by atoms with E-state index >= 15 is 0 Å². The number of pyridine rings is 1. The number of H-pyrrole nitrogens is 1. The average Bonchev–Trinajstić information content (AvgIpc) is 3.22. The van der Waals surface area contributed by atoms with Crippen LogP contribution in [0.5, 0.6) is 5.75 Å². The summed E-state index contributed by atoms with van der Waals surface area (Å²) >= 11 is 0. The van der Waals surface area contributed by atoms with Crippen LogP contribution in [0, 0.1) is 0 Å². The minimum Gasteiger partial charge on any atom is -0.496 e. The maximum Gasteiger partial charge on any atom is 0.253 e. The van der Waals surface area contributed by atoms with E-state index < -0.39 is 0 Å². The number of carbonyl (C=O) groups is 1. The van der Waals surface area contributed by atoms with Crippen molar-refractivity contribution in [2.45, 2.75) is 6.42 Å². The highest BCUT2D eigenvalue weighted by Crippen LogP contribution is 2.32. The summed E-state index contributed by atoms with van der Waals surface area (Å²) in [4.78, 5) is 20.3. The zero-order valence-electron chi connectivity index (χ0n) is 17.7. The number of hydrogen-bond donors (Lipinski definition) is 5. The first-order chi connectivity index (χ1) is 15.5. The summed E-state index contributed by atoms with van der Waals surface area (Å²) in [5.74, 6) is 0.924. The van der Waals surface area contributed by atoms with Gasteiger partial charge in [-0.25, -0.2) is 4.98 Å². The summed E-state index contributed by atoms with van der Waals surface area (Å²) in [6.45, 7) is 0.430. The van der Waals surface area contributed by atoms with E-state index in [1.807, 2.05) is 36.5 Å². The predicted octanol–water partition coefficient (Wildman–Crippen LogP) is 1.55. The highest BCUT2D eigenvalue weighted by molar-refractivity contribution is 6.06. The summed E-state index contributed by atoms with van der Waals surface area (Å²) in [6.07, 6.45) is 5.54. The third kappa shape index (κ3) is 3.98. The standard InChI is InChI=1S/C24H24N6O2/c1-32-21-5-3-2-4-14(21)6-7-28-24(31)18-9-15(8-16(11-25)23(18)27)19-12-29-20-13-30-22(26)10-17(19)20/h2-5,8-13,25,29H,6-7,27H2,1H3,(H2,26,30)(H,28,31)/p+1. The van der Waals surface area contributed by atoms with Gasteiger partial charge in [-0.05, 0) is 41.8 Å². The molecule has 0 radical (unpaired) electrons. The number of nitrogens with one attached hydrogen (secondary N) is 2. The van der Waals surface area contributed by atoms with Gasteiger partial charge in [0.05, 0.1) is 35.6 Å². The molecule has 8 nitrogen and oxygen atoms in total. The molecule has 8 heteroatoms. The third-order valence-corrected chi connectivity index (χ3v) is 5.41.